The highest BCUT2D eigenvalue weighted by Crippen LogP contribution is 2.54. The lowest BCUT2D eigenvalue weighted by Gasteiger charge is -2.36. The van der Waals surface area contributed by atoms with Crippen molar-refractivity contribution in [3.05, 3.63) is 210 Å². The van der Waals surface area contributed by atoms with E-state index in [1.807, 2.05) is 0 Å². The standard InChI is InChI=1S/C56H43N/c1-55(2)50-33-27-39(34-48(50)54-47(31-26-38-16-13-23-51(55)53(38)54)44-21-12-15-37-14-8-9-19-43(37)44)36-24-28-41(29-25-36)57(40-17-6-5-7-18-40)42-30-32-46-45-20-10-11-22-49(45)56(3,4)52(46)35-42/h5-35H,1-4H3. The number of rotatable bonds is 5. The fourth-order valence-corrected chi connectivity index (χ4v) is 10.1. The molecule has 1 heteroatoms. The maximum atomic E-state index is 2.46. The Labute approximate surface area is 335 Å². The molecule has 0 radical (unpaired) electrons. The van der Waals surface area contributed by atoms with Crippen molar-refractivity contribution in [2.45, 2.75) is 38.5 Å². The maximum absolute atomic E-state index is 2.46. The van der Waals surface area contributed by atoms with Crippen LogP contribution in [0.15, 0.2) is 188 Å². The van der Waals surface area contributed by atoms with E-state index in [1.54, 1.807) is 0 Å². The van der Waals surface area contributed by atoms with Crippen LogP contribution in [0.1, 0.15) is 49.9 Å². The number of benzene rings is 9. The molecule has 0 amide bonds. The van der Waals surface area contributed by atoms with Crippen molar-refractivity contribution in [3.63, 3.8) is 0 Å². The highest BCUT2D eigenvalue weighted by molar-refractivity contribution is 6.12. The van der Waals surface area contributed by atoms with E-state index in [0.29, 0.717) is 0 Å². The van der Waals surface area contributed by atoms with E-state index in [-0.39, 0.29) is 10.8 Å². The van der Waals surface area contributed by atoms with Gasteiger partial charge in [0.15, 0.2) is 0 Å². The highest BCUT2D eigenvalue weighted by Gasteiger charge is 2.37. The molecular weight excluding hydrogens is 687 g/mol. The van der Waals surface area contributed by atoms with Crippen LogP contribution in [0.2, 0.25) is 0 Å². The van der Waals surface area contributed by atoms with Gasteiger partial charge in [-0.3, -0.25) is 0 Å². The van der Waals surface area contributed by atoms with Crippen molar-refractivity contribution < 1.29 is 0 Å². The molecule has 1 nitrogen and oxygen atoms in total. The van der Waals surface area contributed by atoms with Gasteiger partial charge in [-0.2, -0.15) is 0 Å². The second kappa shape index (κ2) is 12.4. The quantitative estimate of drug-likeness (QED) is 0.170. The van der Waals surface area contributed by atoms with Gasteiger partial charge in [-0.25, -0.2) is 0 Å². The predicted octanol–water partition coefficient (Wildman–Crippen LogP) is 15.4. The predicted molar refractivity (Wildman–Crippen MR) is 242 cm³/mol. The van der Waals surface area contributed by atoms with E-state index in [9.17, 15) is 0 Å². The summed E-state index contributed by atoms with van der Waals surface area (Å²) in [6, 6.07) is 70.0. The van der Waals surface area contributed by atoms with Crippen molar-refractivity contribution in [2.24, 2.45) is 0 Å². The number of hydrogen-bond donors (Lipinski definition) is 0. The summed E-state index contributed by atoms with van der Waals surface area (Å²) < 4.78 is 0. The Hall–Kier alpha value is -6.70. The Kier molecular flexibility index (Phi) is 7.32. The SMILES string of the molecule is CC1(C)c2ccccc2-c2ccc(N(c3ccccc3)c3ccc(-c4ccc5c(c4)-c4c(-c6cccc7ccccc67)ccc6cccc(c46)C5(C)C)cc3)cc21. The Morgan fingerprint density at radius 3 is 1.77 bits per heavy atom. The van der Waals surface area contributed by atoms with Crippen LogP contribution >= 0.6 is 0 Å². The zero-order valence-corrected chi connectivity index (χ0v) is 32.8. The fraction of sp³-hybridized carbons (Fsp3) is 0.107. The van der Waals surface area contributed by atoms with Crippen LogP contribution in [0.25, 0.3) is 66.1 Å². The monoisotopic (exact) mass is 729 g/mol. The third kappa shape index (κ3) is 5.02. The molecule has 0 heterocycles. The molecule has 0 fully saturated rings. The van der Waals surface area contributed by atoms with Crippen molar-refractivity contribution in [1.82, 2.24) is 0 Å². The zero-order valence-electron chi connectivity index (χ0n) is 32.8. The van der Waals surface area contributed by atoms with Gasteiger partial charge in [0, 0.05) is 27.9 Å². The first-order valence-electron chi connectivity index (χ1n) is 20.2. The molecule has 0 saturated carbocycles. The van der Waals surface area contributed by atoms with Gasteiger partial charge in [-0.1, -0.05) is 173 Å². The molecule has 9 aromatic rings. The summed E-state index contributed by atoms with van der Waals surface area (Å²) in [4.78, 5) is 2.40. The van der Waals surface area contributed by atoms with Crippen LogP contribution in [0.4, 0.5) is 17.1 Å². The Bertz CT molecular complexity index is 3050. The smallest absolute Gasteiger partial charge is 0.0465 e. The molecule has 0 N–H and O–H groups in total. The lowest BCUT2D eigenvalue weighted by Crippen LogP contribution is -2.24. The highest BCUT2D eigenvalue weighted by atomic mass is 15.1. The van der Waals surface area contributed by atoms with Gasteiger partial charge in [0.2, 0.25) is 0 Å². The van der Waals surface area contributed by atoms with Gasteiger partial charge >= 0.3 is 0 Å². The second-order valence-electron chi connectivity index (χ2n) is 16.9. The number of hydrogen-bond acceptors (Lipinski definition) is 1. The van der Waals surface area contributed by atoms with Gasteiger partial charge in [0.1, 0.15) is 0 Å². The van der Waals surface area contributed by atoms with E-state index in [2.05, 4.69) is 221 Å². The second-order valence-corrected chi connectivity index (χ2v) is 16.9. The van der Waals surface area contributed by atoms with E-state index >= 15 is 0 Å². The average molecular weight is 730 g/mol. The lowest BCUT2D eigenvalue weighted by molar-refractivity contribution is 0.645. The minimum Gasteiger partial charge on any atom is -0.310 e. The summed E-state index contributed by atoms with van der Waals surface area (Å²) in [5.74, 6) is 0. The topological polar surface area (TPSA) is 3.24 Å². The molecule has 0 bridgehead atoms. The van der Waals surface area contributed by atoms with E-state index < -0.39 is 0 Å². The molecule has 9 aromatic carbocycles. The van der Waals surface area contributed by atoms with Crippen molar-refractivity contribution in [3.8, 4) is 44.5 Å². The summed E-state index contributed by atoms with van der Waals surface area (Å²) >= 11 is 0. The summed E-state index contributed by atoms with van der Waals surface area (Å²) in [6.45, 7) is 9.48. The van der Waals surface area contributed by atoms with Gasteiger partial charge in [-0.15, -0.1) is 0 Å². The number of para-hydroxylation sites is 1. The molecule has 11 rings (SSSR count). The van der Waals surface area contributed by atoms with Crippen LogP contribution in [0, 0.1) is 0 Å². The normalized spacial score (nSPS) is 14.2. The van der Waals surface area contributed by atoms with E-state index in [0.717, 1.165) is 17.1 Å². The molecule has 0 aromatic heterocycles. The number of nitrogens with zero attached hydrogens (tertiary/aromatic N) is 1. The van der Waals surface area contributed by atoms with Gasteiger partial charge in [-0.05, 0) is 131 Å². The first kappa shape index (κ1) is 33.6. The Morgan fingerprint density at radius 1 is 0.333 bits per heavy atom. The van der Waals surface area contributed by atoms with Gasteiger partial charge < -0.3 is 4.90 Å². The largest absolute Gasteiger partial charge is 0.310 e. The van der Waals surface area contributed by atoms with Gasteiger partial charge in [0.25, 0.3) is 0 Å². The van der Waals surface area contributed by atoms with Crippen LogP contribution < -0.4 is 4.90 Å². The van der Waals surface area contributed by atoms with Crippen LogP contribution in [0.5, 0.6) is 0 Å². The molecule has 2 aliphatic rings. The summed E-state index contributed by atoms with van der Waals surface area (Å²) in [5, 5.41) is 5.21. The zero-order chi connectivity index (χ0) is 38.5. The third-order valence-electron chi connectivity index (χ3n) is 13.1. The first-order chi connectivity index (χ1) is 27.8. The minimum absolute atomic E-state index is 0.0759. The van der Waals surface area contributed by atoms with Crippen LogP contribution in [-0.2, 0) is 10.8 Å². The van der Waals surface area contributed by atoms with Crippen molar-refractivity contribution >= 4 is 38.6 Å². The Morgan fingerprint density at radius 2 is 0.912 bits per heavy atom. The molecule has 57 heavy (non-hydrogen) atoms. The van der Waals surface area contributed by atoms with Crippen LogP contribution in [0.3, 0.4) is 0 Å². The molecule has 0 saturated heterocycles. The summed E-state index contributed by atoms with van der Waals surface area (Å²) in [7, 11) is 0. The lowest BCUT2D eigenvalue weighted by atomic mass is 9.67. The molecule has 272 valence electrons. The van der Waals surface area contributed by atoms with Gasteiger partial charge in [0.05, 0.1) is 0 Å². The first-order valence-corrected chi connectivity index (χ1v) is 20.2. The fourth-order valence-electron chi connectivity index (χ4n) is 10.1. The third-order valence-corrected chi connectivity index (χ3v) is 13.1. The van der Waals surface area contributed by atoms with Crippen molar-refractivity contribution in [2.75, 3.05) is 4.90 Å². The number of anilines is 3. The maximum Gasteiger partial charge on any atom is 0.0465 e. The molecular formula is C56H43N. The molecule has 2 aliphatic carbocycles. The summed E-state index contributed by atoms with van der Waals surface area (Å²) in [5.41, 5.74) is 19.1. The Balaban J connectivity index is 1.05. The molecule has 0 aliphatic heterocycles. The molecule has 0 atom stereocenters. The average Bonchev–Trinajstić information content (AvgIpc) is 3.48. The van der Waals surface area contributed by atoms with Crippen molar-refractivity contribution in [1.29, 1.82) is 0 Å². The molecule has 0 unspecified atom stereocenters. The molecule has 0 spiro atoms. The van der Waals surface area contributed by atoms with Crippen LogP contribution in [-0.4, -0.2) is 0 Å². The van der Waals surface area contributed by atoms with E-state index in [1.165, 1.54) is 88.3 Å². The minimum atomic E-state index is -0.149. The van der Waals surface area contributed by atoms with E-state index in [4.69, 9.17) is 0 Å². The number of fused-ring (bicyclic) bond motifs is 6. The summed E-state index contributed by atoms with van der Waals surface area (Å²) in [6.07, 6.45) is 0.